The number of hydrogen-bond donors (Lipinski definition) is 0. The normalized spacial score (nSPS) is 10.9. The Labute approximate surface area is 126 Å². The summed E-state index contributed by atoms with van der Waals surface area (Å²) in [7, 11) is 0. The highest BCUT2D eigenvalue weighted by atomic mass is 35.5. The van der Waals surface area contributed by atoms with Crippen LogP contribution in [0.1, 0.15) is 12.5 Å². The zero-order valence-electron chi connectivity index (χ0n) is 10.8. The van der Waals surface area contributed by atoms with Gasteiger partial charge in [-0.15, -0.1) is 0 Å². The van der Waals surface area contributed by atoms with Gasteiger partial charge in [-0.1, -0.05) is 54.4 Å². The fourth-order valence-electron chi connectivity index (χ4n) is 2.14. The fraction of sp³-hybridized carbons (Fsp3) is 0.133. The molecule has 0 saturated carbocycles. The van der Waals surface area contributed by atoms with Gasteiger partial charge in [0, 0.05) is 28.9 Å². The summed E-state index contributed by atoms with van der Waals surface area (Å²) in [6.07, 6.45) is 4.24. The lowest BCUT2D eigenvalue weighted by Crippen LogP contribution is -1.97. The number of rotatable bonds is 2. The Morgan fingerprint density at radius 2 is 1.70 bits per heavy atom. The number of nitrogens with zero attached hydrogens (tertiary/aromatic N) is 3. The second kappa shape index (κ2) is 5.35. The first-order valence-corrected chi connectivity index (χ1v) is 7.01. The maximum Gasteiger partial charge on any atom is 0.164 e. The van der Waals surface area contributed by atoms with E-state index in [4.69, 9.17) is 23.2 Å². The van der Waals surface area contributed by atoms with E-state index in [0.717, 1.165) is 21.9 Å². The molecule has 3 rings (SSSR count). The van der Waals surface area contributed by atoms with E-state index in [1.165, 1.54) is 0 Å². The number of hydrogen-bond acceptors (Lipinski definition) is 3. The monoisotopic (exact) mass is 303 g/mol. The van der Waals surface area contributed by atoms with E-state index in [2.05, 4.69) is 15.0 Å². The van der Waals surface area contributed by atoms with Crippen molar-refractivity contribution in [2.75, 3.05) is 0 Å². The number of pyridine rings is 1. The Morgan fingerprint density at radius 1 is 1.00 bits per heavy atom. The number of aromatic nitrogens is 3. The summed E-state index contributed by atoms with van der Waals surface area (Å²) in [6, 6.07) is 7.94. The van der Waals surface area contributed by atoms with Gasteiger partial charge < -0.3 is 0 Å². The highest BCUT2D eigenvalue weighted by Crippen LogP contribution is 2.29. The van der Waals surface area contributed by atoms with E-state index < -0.39 is 0 Å². The lowest BCUT2D eigenvalue weighted by atomic mass is 10.1. The molecule has 0 aliphatic heterocycles. The molecule has 0 aliphatic rings. The molecule has 2 heterocycles. The second-order valence-electron chi connectivity index (χ2n) is 4.37. The molecule has 0 radical (unpaired) electrons. The molecule has 0 unspecified atom stereocenters. The highest BCUT2D eigenvalue weighted by molar-refractivity contribution is 6.34. The summed E-state index contributed by atoms with van der Waals surface area (Å²) in [5.41, 5.74) is 1.60. The summed E-state index contributed by atoms with van der Waals surface area (Å²) >= 11 is 12.4. The molecule has 1 aromatic carbocycles. The lowest BCUT2D eigenvalue weighted by molar-refractivity contribution is 1.05. The molecule has 0 atom stereocenters. The minimum absolute atomic E-state index is 0.399. The number of fused-ring (bicyclic) bond motifs is 1. The van der Waals surface area contributed by atoms with Crippen molar-refractivity contribution < 1.29 is 0 Å². The molecule has 3 nitrogen and oxygen atoms in total. The van der Waals surface area contributed by atoms with E-state index in [0.29, 0.717) is 22.6 Å². The summed E-state index contributed by atoms with van der Waals surface area (Å²) in [5, 5.41) is 2.85. The van der Waals surface area contributed by atoms with Gasteiger partial charge >= 0.3 is 0 Å². The van der Waals surface area contributed by atoms with Gasteiger partial charge in [0.2, 0.25) is 0 Å². The van der Waals surface area contributed by atoms with Gasteiger partial charge in [-0.25, -0.2) is 9.97 Å². The molecule has 3 aromatic rings. The minimum atomic E-state index is 0.399. The topological polar surface area (TPSA) is 38.7 Å². The van der Waals surface area contributed by atoms with Crippen molar-refractivity contribution in [3.8, 4) is 11.4 Å². The van der Waals surface area contributed by atoms with Gasteiger partial charge in [-0.2, -0.15) is 0 Å². The van der Waals surface area contributed by atoms with Crippen LogP contribution in [0.15, 0.2) is 36.7 Å². The largest absolute Gasteiger partial charge is 0.263 e. The maximum atomic E-state index is 6.18. The second-order valence-corrected chi connectivity index (χ2v) is 5.09. The third-order valence-electron chi connectivity index (χ3n) is 3.17. The molecule has 0 spiro atoms. The lowest BCUT2D eigenvalue weighted by Gasteiger charge is -2.08. The predicted octanol–water partition coefficient (Wildman–Crippen LogP) is 4.56. The van der Waals surface area contributed by atoms with Crippen LogP contribution in [0.25, 0.3) is 22.2 Å². The SMILES string of the molecule is CCc1c(Cl)nc(-c2cncc3ccccc23)nc1Cl. The van der Waals surface area contributed by atoms with E-state index in [1.807, 2.05) is 37.4 Å². The van der Waals surface area contributed by atoms with Crippen molar-refractivity contribution in [2.24, 2.45) is 0 Å². The van der Waals surface area contributed by atoms with Crippen molar-refractivity contribution in [3.63, 3.8) is 0 Å². The van der Waals surface area contributed by atoms with Gasteiger partial charge in [-0.05, 0) is 11.8 Å². The number of halogens is 2. The molecule has 20 heavy (non-hydrogen) atoms. The molecule has 0 amide bonds. The van der Waals surface area contributed by atoms with Crippen LogP contribution >= 0.6 is 23.2 Å². The van der Waals surface area contributed by atoms with Gasteiger partial charge in [0.25, 0.3) is 0 Å². The standard InChI is InChI=1S/C15H11Cl2N3/c1-2-10-13(16)19-15(20-14(10)17)12-8-18-7-9-5-3-4-6-11(9)12/h3-8H,2H2,1H3. The molecule has 0 saturated heterocycles. The molecule has 0 fully saturated rings. The Balaban J connectivity index is 2.26. The maximum absolute atomic E-state index is 6.18. The Hall–Kier alpha value is -1.71. The van der Waals surface area contributed by atoms with Crippen LogP contribution < -0.4 is 0 Å². The summed E-state index contributed by atoms with van der Waals surface area (Å²) in [5.74, 6) is 0.501. The fourth-order valence-corrected chi connectivity index (χ4v) is 2.79. The highest BCUT2D eigenvalue weighted by Gasteiger charge is 2.13. The molecular weight excluding hydrogens is 293 g/mol. The Kier molecular flexibility index (Phi) is 3.55. The zero-order valence-corrected chi connectivity index (χ0v) is 12.3. The van der Waals surface area contributed by atoms with Crippen molar-refractivity contribution in [2.45, 2.75) is 13.3 Å². The molecule has 5 heteroatoms. The molecule has 2 aromatic heterocycles. The third-order valence-corrected chi connectivity index (χ3v) is 3.79. The summed E-state index contributed by atoms with van der Waals surface area (Å²) < 4.78 is 0. The van der Waals surface area contributed by atoms with E-state index >= 15 is 0 Å². The molecule has 0 aliphatic carbocycles. The van der Waals surface area contributed by atoms with E-state index in [-0.39, 0.29) is 0 Å². The predicted molar refractivity (Wildman–Crippen MR) is 82.2 cm³/mol. The Bertz CT molecular complexity index is 759. The molecule has 0 N–H and O–H groups in total. The van der Waals surface area contributed by atoms with E-state index in [9.17, 15) is 0 Å². The van der Waals surface area contributed by atoms with Crippen LogP contribution in [0.5, 0.6) is 0 Å². The summed E-state index contributed by atoms with van der Waals surface area (Å²) in [4.78, 5) is 12.9. The van der Waals surface area contributed by atoms with Gasteiger partial charge in [0.05, 0.1) is 0 Å². The summed E-state index contributed by atoms with van der Waals surface area (Å²) in [6.45, 7) is 1.97. The average Bonchev–Trinajstić information content (AvgIpc) is 2.46. The van der Waals surface area contributed by atoms with Crippen LogP contribution in [0.4, 0.5) is 0 Å². The smallest absolute Gasteiger partial charge is 0.164 e. The quantitative estimate of drug-likeness (QED) is 0.651. The first kappa shape index (κ1) is 13.3. The van der Waals surface area contributed by atoms with Crippen LogP contribution in [-0.4, -0.2) is 15.0 Å². The Morgan fingerprint density at radius 3 is 2.40 bits per heavy atom. The van der Waals surface area contributed by atoms with Crippen LogP contribution in [0.2, 0.25) is 10.3 Å². The van der Waals surface area contributed by atoms with Gasteiger partial charge in [0.15, 0.2) is 5.82 Å². The van der Waals surface area contributed by atoms with Crippen LogP contribution in [-0.2, 0) is 6.42 Å². The molecule has 100 valence electrons. The van der Waals surface area contributed by atoms with Crippen molar-refractivity contribution in [3.05, 3.63) is 52.5 Å². The molecular formula is C15H11Cl2N3. The van der Waals surface area contributed by atoms with Crippen LogP contribution in [0, 0.1) is 0 Å². The van der Waals surface area contributed by atoms with Gasteiger partial charge in [0.1, 0.15) is 10.3 Å². The minimum Gasteiger partial charge on any atom is -0.263 e. The average molecular weight is 304 g/mol. The molecule has 0 bridgehead atoms. The van der Waals surface area contributed by atoms with Crippen molar-refractivity contribution in [1.82, 2.24) is 15.0 Å². The van der Waals surface area contributed by atoms with Crippen molar-refractivity contribution in [1.29, 1.82) is 0 Å². The first-order valence-electron chi connectivity index (χ1n) is 6.25. The van der Waals surface area contributed by atoms with Crippen LogP contribution in [0.3, 0.4) is 0 Å². The van der Waals surface area contributed by atoms with Gasteiger partial charge in [-0.3, -0.25) is 4.98 Å². The van der Waals surface area contributed by atoms with E-state index in [1.54, 1.807) is 6.20 Å². The first-order chi connectivity index (χ1) is 9.70. The zero-order chi connectivity index (χ0) is 14.1. The number of benzene rings is 1. The van der Waals surface area contributed by atoms with Crippen molar-refractivity contribution >= 4 is 34.0 Å². The third kappa shape index (κ3) is 2.23.